The van der Waals surface area contributed by atoms with Crippen molar-refractivity contribution in [2.75, 3.05) is 7.05 Å². The number of benzene rings is 1. The number of Topliss-reactive ketones (excluding diaryl/α,β-unsaturated/α-hetero) is 1. The maximum absolute atomic E-state index is 12.2. The van der Waals surface area contributed by atoms with Crippen LogP contribution in [0, 0.1) is 0 Å². The van der Waals surface area contributed by atoms with Crippen molar-refractivity contribution in [3.63, 3.8) is 0 Å². The van der Waals surface area contributed by atoms with Gasteiger partial charge < -0.3 is 15.6 Å². The van der Waals surface area contributed by atoms with Crippen LogP contribution in [0.3, 0.4) is 0 Å². The normalized spacial score (nSPS) is 23.6. The molecule has 2 aliphatic rings. The summed E-state index contributed by atoms with van der Waals surface area (Å²) >= 11 is 0. The standard InChI is InChI=1S/C19H23N3O3.C6H6O3/c1-22(12-11-17(20)21-19(22)24)18-10-9-16(25-18)8-7-15(23)13-14-5-3-2-4-6-14;1-5(4-7)2-3-6(8)9/h2-6,11-12,16,18H,7-10,13H2,1H3,(H-,20,21,24);2-3H,1H3,(H,8,9)/p+1/b;3-2-. The van der Waals surface area contributed by atoms with Gasteiger partial charge in [-0.15, -0.1) is 4.99 Å². The van der Waals surface area contributed by atoms with Crippen LogP contribution < -0.4 is 5.73 Å². The summed E-state index contributed by atoms with van der Waals surface area (Å²) in [5.41, 5.74) is 6.88. The average Bonchev–Trinajstić information content (AvgIpc) is 3.30. The number of carbonyl (C=O) groups excluding carboxylic acids is 3. The van der Waals surface area contributed by atoms with E-state index >= 15 is 0 Å². The van der Waals surface area contributed by atoms with Crippen LogP contribution in [-0.4, -0.2) is 58.5 Å². The summed E-state index contributed by atoms with van der Waals surface area (Å²) in [5, 5.41) is 8.03. The third kappa shape index (κ3) is 8.04. The van der Waals surface area contributed by atoms with Crippen molar-refractivity contribution in [2.24, 2.45) is 10.7 Å². The minimum Gasteiger partial charge on any atom is -0.478 e. The van der Waals surface area contributed by atoms with E-state index in [1.54, 1.807) is 19.3 Å². The van der Waals surface area contributed by atoms with Crippen LogP contribution in [-0.2, 0) is 25.5 Å². The van der Waals surface area contributed by atoms with Gasteiger partial charge in [-0.25, -0.2) is 14.4 Å². The molecular weight excluding hydrogens is 438 g/mol. The minimum absolute atomic E-state index is 0.00382. The molecule has 0 aliphatic carbocycles. The Morgan fingerprint density at radius 3 is 2.59 bits per heavy atom. The van der Waals surface area contributed by atoms with Crippen molar-refractivity contribution in [3.8, 4) is 0 Å². The van der Waals surface area contributed by atoms with Gasteiger partial charge in [-0.3, -0.25) is 4.79 Å². The highest BCUT2D eigenvalue weighted by Gasteiger charge is 2.45. The number of nitrogens with zero attached hydrogens (tertiary/aromatic N) is 2. The lowest BCUT2D eigenvalue weighted by molar-refractivity contribution is -0.830. The second-order valence-corrected chi connectivity index (χ2v) is 8.27. The fourth-order valence-corrected chi connectivity index (χ4v) is 3.53. The molecule has 9 heteroatoms. The first-order valence-electron chi connectivity index (χ1n) is 10.9. The molecule has 3 rings (SSSR count). The Morgan fingerprint density at radius 2 is 1.97 bits per heavy atom. The molecule has 2 amide bonds. The molecule has 0 aromatic heterocycles. The number of amidine groups is 1. The molecule has 9 nitrogen and oxygen atoms in total. The van der Waals surface area contributed by atoms with Crippen LogP contribution in [0.25, 0.3) is 0 Å². The van der Waals surface area contributed by atoms with Gasteiger partial charge in [0.15, 0.2) is 0 Å². The number of quaternary nitrogens is 1. The highest BCUT2D eigenvalue weighted by atomic mass is 16.5. The number of carboxylic acids is 1. The molecule has 2 aliphatic heterocycles. The monoisotopic (exact) mass is 468 g/mol. The molecule has 3 N–H and O–H groups in total. The van der Waals surface area contributed by atoms with E-state index < -0.39 is 5.97 Å². The number of ether oxygens (including phenoxy) is 1. The largest absolute Gasteiger partial charge is 0.478 e. The summed E-state index contributed by atoms with van der Waals surface area (Å²) in [6.45, 7) is 1.48. The fourth-order valence-electron chi connectivity index (χ4n) is 3.53. The molecule has 1 saturated heterocycles. The van der Waals surface area contributed by atoms with Gasteiger partial charge in [0, 0.05) is 37.0 Å². The van der Waals surface area contributed by atoms with Crippen LogP contribution in [0.2, 0.25) is 0 Å². The number of urea groups is 1. The van der Waals surface area contributed by atoms with Crippen molar-refractivity contribution in [1.82, 2.24) is 0 Å². The Bertz CT molecular complexity index is 1040. The van der Waals surface area contributed by atoms with Crippen molar-refractivity contribution in [1.29, 1.82) is 0 Å². The van der Waals surface area contributed by atoms with Gasteiger partial charge >= 0.3 is 12.0 Å². The predicted molar refractivity (Wildman–Crippen MR) is 126 cm³/mol. The van der Waals surface area contributed by atoms with Gasteiger partial charge in [0.05, 0.1) is 13.2 Å². The molecule has 3 unspecified atom stereocenters. The molecule has 2 heterocycles. The second-order valence-electron chi connectivity index (χ2n) is 8.27. The summed E-state index contributed by atoms with van der Waals surface area (Å²) in [6, 6.07) is 9.44. The quantitative estimate of drug-likeness (QED) is 0.259. The molecule has 1 fully saturated rings. The molecule has 1 aromatic carbocycles. The maximum atomic E-state index is 12.2. The number of carboxylic acid groups (broad SMARTS) is 1. The van der Waals surface area contributed by atoms with E-state index in [-0.39, 0.29) is 40.0 Å². The van der Waals surface area contributed by atoms with Crippen molar-refractivity contribution >= 4 is 29.6 Å². The Hall–Kier alpha value is -3.65. The highest BCUT2D eigenvalue weighted by molar-refractivity contribution is 5.99. The number of aliphatic imine (C=N–C) groups is 1. The number of allylic oxidation sites excluding steroid dienone is 2. The summed E-state index contributed by atoms with van der Waals surface area (Å²) in [6.07, 6.45) is 8.43. The van der Waals surface area contributed by atoms with E-state index in [2.05, 4.69) is 4.99 Å². The summed E-state index contributed by atoms with van der Waals surface area (Å²) in [7, 11) is 1.78. The van der Waals surface area contributed by atoms with E-state index in [1.807, 2.05) is 30.3 Å². The summed E-state index contributed by atoms with van der Waals surface area (Å²) < 4.78 is 6.03. The number of hydrogen-bond acceptors (Lipinski definition) is 6. The molecule has 0 radical (unpaired) electrons. The van der Waals surface area contributed by atoms with Crippen LogP contribution in [0.4, 0.5) is 4.79 Å². The summed E-state index contributed by atoms with van der Waals surface area (Å²) in [5.74, 6) is 0.908. The molecule has 0 saturated carbocycles. The lowest BCUT2D eigenvalue weighted by Gasteiger charge is -2.32. The van der Waals surface area contributed by atoms with Crippen molar-refractivity contribution in [3.05, 3.63) is 65.9 Å². The third-order valence-corrected chi connectivity index (χ3v) is 5.50. The third-order valence-electron chi connectivity index (χ3n) is 5.50. The van der Waals surface area contributed by atoms with Crippen molar-refractivity contribution in [2.45, 2.75) is 51.4 Å². The Kier molecular flexibility index (Phi) is 9.82. The molecule has 1 aromatic rings. The number of amides is 2. The smallest absolute Gasteiger partial charge is 0.451 e. The Morgan fingerprint density at radius 1 is 1.26 bits per heavy atom. The number of carbonyl (C=O) groups is 3. The Labute approximate surface area is 198 Å². The van der Waals surface area contributed by atoms with Gasteiger partial charge in [-0.2, -0.15) is 4.48 Å². The molecule has 0 bridgehead atoms. The summed E-state index contributed by atoms with van der Waals surface area (Å²) in [4.78, 5) is 47.7. The number of hydrogen-bond donors (Lipinski definition) is 2. The van der Waals surface area contributed by atoms with Gasteiger partial charge in [-0.05, 0) is 31.4 Å². The number of rotatable bonds is 8. The van der Waals surface area contributed by atoms with Gasteiger partial charge in [0.1, 0.15) is 23.8 Å². The zero-order valence-electron chi connectivity index (χ0n) is 19.3. The van der Waals surface area contributed by atoms with E-state index in [4.69, 9.17) is 15.6 Å². The molecular formula is C25H30N3O6+. The molecule has 180 valence electrons. The predicted octanol–water partition coefficient (Wildman–Crippen LogP) is 2.94. The zero-order chi connectivity index (χ0) is 25.1. The van der Waals surface area contributed by atoms with E-state index in [9.17, 15) is 19.2 Å². The van der Waals surface area contributed by atoms with Crippen LogP contribution in [0.5, 0.6) is 0 Å². The molecule has 34 heavy (non-hydrogen) atoms. The van der Waals surface area contributed by atoms with Crippen LogP contribution in [0.1, 0.15) is 38.2 Å². The maximum Gasteiger partial charge on any atom is 0.451 e. The minimum atomic E-state index is -1.07. The number of nitrogens with two attached hydrogens (primary N) is 1. The number of ketones is 1. The first-order chi connectivity index (χ1) is 16.1. The Balaban J connectivity index is 0.000000387. The first kappa shape index (κ1) is 26.6. The zero-order valence-corrected chi connectivity index (χ0v) is 19.3. The molecule has 0 spiro atoms. The fraction of sp³-hybridized carbons (Fsp3) is 0.360. The lowest BCUT2D eigenvalue weighted by atomic mass is 10.0. The van der Waals surface area contributed by atoms with E-state index in [1.165, 1.54) is 18.9 Å². The number of aliphatic carboxylic acids is 1. The van der Waals surface area contributed by atoms with Gasteiger partial charge in [0.25, 0.3) is 0 Å². The van der Waals surface area contributed by atoms with E-state index in [0.717, 1.165) is 24.5 Å². The molecule has 3 atom stereocenters. The SMILES string of the molecule is CC(=C=O)/C=C\C(=O)O.C[N+]1(C2CCC(CCC(=O)Cc3ccccc3)O2)C=CC(N)=NC1=O. The second kappa shape index (κ2) is 12.6. The lowest BCUT2D eigenvalue weighted by Crippen LogP contribution is -2.53. The average molecular weight is 469 g/mol. The highest BCUT2D eigenvalue weighted by Crippen LogP contribution is 2.31. The van der Waals surface area contributed by atoms with Gasteiger partial charge in [-0.1, -0.05) is 30.3 Å². The van der Waals surface area contributed by atoms with Crippen LogP contribution >= 0.6 is 0 Å². The van der Waals surface area contributed by atoms with Gasteiger partial charge in [0.2, 0.25) is 6.23 Å². The first-order valence-corrected chi connectivity index (χ1v) is 10.9. The topological polar surface area (TPSA) is 136 Å². The van der Waals surface area contributed by atoms with Crippen molar-refractivity contribution < 1.29 is 33.5 Å². The van der Waals surface area contributed by atoms with E-state index in [0.29, 0.717) is 19.3 Å². The van der Waals surface area contributed by atoms with Crippen LogP contribution in [0.15, 0.2) is 65.3 Å².